The molecule has 3 aromatic heterocycles. The van der Waals surface area contributed by atoms with Gasteiger partial charge in [-0.3, -0.25) is 0 Å². The van der Waals surface area contributed by atoms with E-state index in [9.17, 15) is 0 Å². The first-order valence-electron chi connectivity index (χ1n) is 8.68. The predicted octanol–water partition coefficient (Wildman–Crippen LogP) is 2.61. The van der Waals surface area contributed by atoms with Crippen molar-refractivity contribution in [3.05, 3.63) is 28.5 Å². The molecule has 8 nitrogen and oxygen atoms in total. The van der Waals surface area contributed by atoms with Crippen molar-refractivity contribution in [3.8, 4) is 0 Å². The SMILES string of the molecule is Cc1cc(N2CCC(Nc3ncnc4c3c(Br)nn4C)CC2)nc(C)n1. The fraction of sp³-hybridized carbons (Fsp3) is 0.471. The molecule has 0 aromatic carbocycles. The Morgan fingerprint density at radius 2 is 1.92 bits per heavy atom. The van der Waals surface area contributed by atoms with E-state index >= 15 is 0 Å². The second-order valence-corrected chi connectivity index (χ2v) is 7.41. The number of rotatable bonds is 3. The zero-order valence-corrected chi connectivity index (χ0v) is 16.7. The monoisotopic (exact) mass is 416 g/mol. The van der Waals surface area contributed by atoms with Crippen molar-refractivity contribution >= 4 is 38.6 Å². The van der Waals surface area contributed by atoms with Crippen LogP contribution in [0.3, 0.4) is 0 Å². The summed E-state index contributed by atoms with van der Waals surface area (Å²) in [6, 6.07) is 2.42. The van der Waals surface area contributed by atoms with E-state index in [0.29, 0.717) is 6.04 Å². The summed E-state index contributed by atoms with van der Waals surface area (Å²) in [5.41, 5.74) is 1.83. The molecule has 1 aliphatic rings. The van der Waals surface area contributed by atoms with Gasteiger partial charge in [-0.05, 0) is 42.6 Å². The molecule has 1 aliphatic heterocycles. The first-order chi connectivity index (χ1) is 12.5. The number of aryl methyl sites for hydroxylation is 3. The zero-order chi connectivity index (χ0) is 18.3. The van der Waals surface area contributed by atoms with Crippen LogP contribution >= 0.6 is 15.9 Å². The molecular formula is C17H21BrN8. The fourth-order valence-electron chi connectivity index (χ4n) is 3.46. The van der Waals surface area contributed by atoms with Gasteiger partial charge in [0.2, 0.25) is 0 Å². The average molecular weight is 417 g/mol. The van der Waals surface area contributed by atoms with Crippen LogP contribution in [0.25, 0.3) is 11.0 Å². The van der Waals surface area contributed by atoms with Crippen molar-refractivity contribution in [2.45, 2.75) is 32.7 Å². The molecule has 0 atom stereocenters. The Hall–Kier alpha value is -2.29. The van der Waals surface area contributed by atoms with Crippen LogP contribution in [-0.2, 0) is 7.05 Å². The van der Waals surface area contributed by atoms with Gasteiger partial charge in [0.15, 0.2) is 5.65 Å². The number of hydrogen-bond donors (Lipinski definition) is 1. The number of anilines is 2. The van der Waals surface area contributed by atoms with Gasteiger partial charge in [0.25, 0.3) is 0 Å². The summed E-state index contributed by atoms with van der Waals surface area (Å²) >= 11 is 3.51. The standard InChI is InChI=1S/C17H21BrN8/c1-10-8-13(22-11(2)21-10)26-6-4-12(5-7-26)23-16-14-15(18)24-25(3)17(14)20-9-19-16/h8-9,12H,4-7H2,1-3H3,(H,19,20,23). The van der Waals surface area contributed by atoms with Crippen LogP contribution in [0, 0.1) is 13.8 Å². The van der Waals surface area contributed by atoms with E-state index in [-0.39, 0.29) is 0 Å². The molecule has 3 aromatic rings. The van der Waals surface area contributed by atoms with Gasteiger partial charge in [0, 0.05) is 37.9 Å². The van der Waals surface area contributed by atoms with E-state index in [2.05, 4.69) is 57.2 Å². The Labute approximate surface area is 160 Å². The minimum Gasteiger partial charge on any atom is -0.366 e. The van der Waals surface area contributed by atoms with E-state index in [0.717, 1.165) is 64.7 Å². The number of piperidine rings is 1. The van der Waals surface area contributed by atoms with Crippen LogP contribution in [0.5, 0.6) is 0 Å². The maximum atomic E-state index is 4.58. The fourth-order valence-corrected chi connectivity index (χ4v) is 4.06. The van der Waals surface area contributed by atoms with E-state index in [1.54, 1.807) is 11.0 Å². The largest absolute Gasteiger partial charge is 0.366 e. The Bertz CT molecular complexity index is 925. The average Bonchev–Trinajstić information content (AvgIpc) is 2.90. The highest BCUT2D eigenvalue weighted by molar-refractivity contribution is 9.10. The van der Waals surface area contributed by atoms with Crippen LogP contribution in [-0.4, -0.2) is 48.8 Å². The molecule has 0 spiro atoms. The molecule has 4 rings (SSSR count). The number of hydrogen-bond acceptors (Lipinski definition) is 7. The molecule has 0 bridgehead atoms. The van der Waals surface area contributed by atoms with Gasteiger partial charge in [-0.2, -0.15) is 5.10 Å². The van der Waals surface area contributed by atoms with E-state index in [1.807, 2.05) is 20.9 Å². The van der Waals surface area contributed by atoms with Gasteiger partial charge in [0.1, 0.15) is 28.4 Å². The van der Waals surface area contributed by atoms with Crippen LogP contribution in [0.15, 0.2) is 17.0 Å². The van der Waals surface area contributed by atoms with Gasteiger partial charge >= 0.3 is 0 Å². The summed E-state index contributed by atoms with van der Waals surface area (Å²) in [4.78, 5) is 20.0. The van der Waals surface area contributed by atoms with E-state index in [4.69, 9.17) is 0 Å². The third-order valence-corrected chi connectivity index (χ3v) is 5.25. The van der Waals surface area contributed by atoms with Gasteiger partial charge in [0.05, 0.1) is 5.39 Å². The second-order valence-electron chi connectivity index (χ2n) is 6.66. The Morgan fingerprint density at radius 1 is 1.15 bits per heavy atom. The third-order valence-electron chi connectivity index (χ3n) is 4.69. The highest BCUT2D eigenvalue weighted by Crippen LogP contribution is 2.28. The molecule has 4 heterocycles. The van der Waals surface area contributed by atoms with Gasteiger partial charge < -0.3 is 10.2 Å². The molecule has 136 valence electrons. The Morgan fingerprint density at radius 3 is 2.65 bits per heavy atom. The number of fused-ring (bicyclic) bond motifs is 1. The topological polar surface area (TPSA) is 84.6 Å². The predicted molar refractivity (Wildman–Crippen MR) is 104 cm³/mol. The third kappa shape index (κ3) is 3.23. The van der Waals surface area contributed by atoms with Crippen molar-refractivity contribution in [3.63, 3.8) is 0 Å². The lowest BCUT2D eigenvalue weighted by Crippen LogP contribution is -2.39. The molecule has 1 saturated heterocycles. The van der Waals surface area contributed by atoms with Crippen molar-refractivity contribution in [1.82, 2.24) is 29.7 Å². The first-order valence-corrected chi connectivity index (χ1v) is 9.47. The molecular weight excluding hydrogens is 396 g/mol. The highest BCUT2D eigenvalue weighted by Gasteiger charge is 2.22. The quantitative estimate of drug-likeness (QED) is 0.701. The minimum atomic E-state index is 0.362. The number of nitrogens with one attached hydrogen (secondary N) is 1. The summed E-state index contributed by atoms with van der Waals surface area (Å²) in [6.07, 6.45) is 3.62. The summed E-state index contributed by atoms with van der Waals surface area (Å²) in [5.74, 6) is 2.68. The van der Waals surface area contributed by atoms with Crippen LogP contribution < -0.4 is 10.2 Å². The summed E-state index contributed by atoms with van der Waals surface area (Å²) < 4.78 is 2.52. The van der Waals surface area contributed by atoms with Gasteiger partial charge in [-0.15, -0.1) is 0 Å². The molecule has 9 heteroatoms. The Balaban J connectivity index is 1.48. The molecule has 0 unspecified atom stereocenters. The normalized spacial score (nSPS) is 15.6. The Kier molecular flexibility index (Phi) is 4.47. The zero-order valence-electron chi connectivity index (χ0n) is 15.1. The van der Waals surface area contributed by atoms with Crippen LogP contribution in [0.2, 0.25) is 0 Å². The van der Waals surface area contributed by atoms with Crippen molar-refractivity contribution in [2.75, 3.05) is 23.3 Å². The minimum absolute atomic E-state index is 0.362. The van der Waals surface area contributed by atoms with Crippen LogP contribution in [0.1, 0.15) is 24.4 Å². The first kappa shape index (κ1) is 17.1. The maximum absolute atomic E-state index is 4.58. The lowest BCUT2D eigenvalue weighted by Gasteiger charge is -2.33. The van der Waals surface area contributed by atoms with Crippen molar-refractivity contribution in [2.24, 2.45) is 7.05 Å². The molecule has 1 N–H and O–H groups in total. The molecule has 1 fully saturated rings. The second kappa shape index (κ2) is 6.79. The van der Waals surface area contributed by atoms with Crippen molar-refractivity contribution < 1.29 is 0 Å². The number of aromatic nitrogens is 6. The van der Waals surface area contributed by atoms with Crippen LogP contribution in [0.4, 0.5) is 11.6 Å². The van der Waals surface area contributed by atoms with E-state index in [1.165, 1.54) is 0 Å². The highest BCUT2D eigenvalue weighted by atomic mass is 79.9. The summed E-state index contributed by atoms with van der Waals surface area (Å²) in [5, 5.41) is 8.89. The molecule has 26 heavy (non-hydrogen) atoms. The molecule has 0 radical (unpaired) electrons. The van der Waals surface area contributed by atoms with Gasteiger partial charge in [-0.25, -0.2) is 24.6 Å². The van der Waals surface area contributed by atoms with E-state index < -0.39 is 0 Å². The number of nitrogens with zero attached hydrogens (tertiary/aromatic N) is 7. The summed E-state index contributed by atoms with van der Waals surface area (Å²) in [7, 11) is 1.88. The lowest BCUT2D eigenvalue weighted by atomic mass is 10.0. The maximum Gasteiger partial charge on any atom is 0.164 e. The van der Waals surface area contributed by atoms with Gasteiger partial charge in [-0.1, -0.05) is 0 Å². The smallest absolute Gasteiger partial charge is 0.164 e. The molecule has 0 aliphatic carbocycles. The molecule has 0 amide bonds. The molecule has 0 saturated carbocycles. The summed E-state index contributed by atoms with van der Waals surface area (Å²) in [6.45, 7) is 5.86. The lowest BCUT2D eigenvalue weighted by molar-refractivity contribution is 0.522. The van der Waals surface area contributed by atoms with Crippen molar-refractivity contribution in [1.29, 1.82) is 0 Å². The number of halogens is 1.